The average molecular weight is 361 g/mol. The smallest absolute Gasteiger partial charge is 0.406 e. The van der Waals surface area contributed by atoms with Crippen molar-refractivity contribution < 1.29 is 22.7 Å². The predicted octanol–water partition coefficient (Wildman–Crippen LogP) is 2.08. The van der Waals surface area contributed by atoms with Crippen LogP contribution < -0.4 is 15.4 Å². The molecule has 130 valence electrons. The Labute approximate surface area is 139 Å². The van der Waals surface area contributed by atoms with Crippen molar-refractivity contribution in [2.75, 3.05) is 30.0 Å². The Kier molecular flexibility index (Phi) is 5.54. The van der Waals surface area contributed by atoms with E-state index in [2.05, 4.69) is 15.2 Å². The number of hydrogen-bond donors (Lipinski definition) is 2. The van der Waals surface area contributed by atoms with Crippen LogP contribution >= 0.6 is 11.8 Å². The number of aromatic nitrogens is 3. The molecule has 0 aliphatic heterocycles. The highest BCUT2D eigenvalue weighted by Crippen LogP contribution is 2.25. The van der Waals surface area contributed by atoms with Crippen LogP contribution in [-0.4, -0.2) is 46.7 Å². The van der Waals surface area contributed by atoms with Crippen LogP contribution in [0.1, 0.15) is 0 Å². The summed E-state index contributed by atoms with van der Waals surface area (Å²) in [7, 11) is 1.44. The number of nitrogens with one attached hydrogen (secondary N) is 1. The van der Waals surface area contributed by atoms with Crippen LogP contribution in [0, 0.1) is 0 Å². The molecule has 0 aliphatic carbocycles. The number of ether oxygens (including phenoxy) is 1. The molecule has 0 bridgehead atoms. The van der Waals surface area contributed by atoms with Crippen LogP contribution in [-0.2, 0) is 4.79 Å². The van der Waals surface area contributed by atoms with Gasteiger partial charge in [-0.15, -0.1) is 5.10 Å². The Balaban J connectivity index is 2.13. The first-order valence-corrected chi connectivity index (χ1v) is 7.59. The second-order valence-electron chi connectivity index (χ2n) is 4.58. The van der Waals surface area contributed by atoms with Gasteiger partial charge >= 0.3 is 6.18 Å². The number of benzene rings is 1. The third-order valence-corrected chi connectivity index (χ3v) is 3.66. The molecule has 0 atom stereocenters. The first-order chi connectivity index (χ1) is 11.3. The molecular formula is C13H14F3N5O2S. The molecule has 3 N–H and O–H groups in total. The molecule has 0 spiro atoms. The minimum Gasteiger partial charge on any atom is -0.497 e. The fourth-order valence-electron chi connectivity index (χ4n) is 1.79. The molecule has 0 unspecified atom stereocenters. The number of carbonyl (C=O) groups is 1. The molecule has 1 aromatic heterocycles. The third-order valence-electron chi connectivity index (χ3n) is 2.83. The normalized spacial score (nSPS) is 11.3. The van der Waals surface area contributed by atoms with Crippen LogP contribution in [0.15, 0.2) is 29.4 Å². The number of thioether (sulfide) groups is 1. The number of halogens is 3. The number of amides is 1. The standard InChI is InChI=1S/C13H14F3N5O2S/c1-23-9-4-2-8(3-5-9)21(7-13(14,15)16)10(22)6-24-12-18-11(17)19-20-12/h2-5H,6-7H2,1H3,(H3,17,18,19,20). The maximum atomic E-state index is 12.8. The van der Waals surface area contributed by atoms with Gasteiger partial charge < -0.3 is 15.4 Å². The van der Waals surface area contributed by atoms with E-state index in [0.29, 0.717) is 10.6 Å². The Morgan fingerprint density at radius 2 is 2.04 bits per heavy atom. The number of H-pyrrole nitrogens is 1. The van der Waals surface area contributed by atoms with Gasteiger partial charge in [0.1, 0.15) is 12.3 Å². The largest absolute Gasteiger partial charge is 0.497 e. The van der Waals surface area contributed by atoms with E-state index in [-0.39, 0.29) is 22.5 Å². The van der Waals surface area contributed by atoms with Crippen molar-refractivity contribution in [3.05, 3.63) is 24.3 Å². The quantitative estimate of drug-likeness (QED) is 0.765. The van der Waals surface area contributed by atoms with Crippen molar-refractivity contribution in [1.82, 2.24) is 15.2 Å². The lowest BCUT2D eigenvalue weighted by Crippen LogP contribution is -2.40. The number of aromatic amines is 1. The zero-order chi connectivity index (χ0) is 17.7. The lowest BCUT2D eigenvalue weighted by Gasteiger charge is -2.24. The summed E-state index contributed by atoms with van der Waals surface area (Å²) in [4.78, 5) is 16.7. The van der Waals surface area contributed by atoms with E-state index in [1.807, 2.05) is 0 Å². The zero-order valence-electron chi connectivity index (χ0n) is 12.5. The number of anilines is 2. The van der Waals surface area contributed by atoms with Gasteiger partial charge in [-0.1, -0.05) is 11.8 Å². The number of nitrogens with two attached hydrogens (primary N) is 1. The van der Waals surface area contributed by atoms with Crippen molar-refractivity contribution in [2.45, 2.75) is 11.3 Å². The fraction of sp³-hybridized carbons (Fsp3) is 0.308. The summed E-state index contributed by atoms with van der Waals surface area (Å²) in [5, 5.41) is 6.27. The SMILES string of the molecule is COc1ccc(N(CC(F)(F)F)C(=O)CSc2n[nH]c(N)n2)cc1. The number of nitrogens with zero attached hydrogens (tertiary/aromatic N) is 3. The Hall–Kier alpha value is -2.43. The molecule has 0 saturated carbocycles. The number of methoxy groups -OCH3 is 1. The lowest BCUT2D eigenvalue weighted by molar-refractivity contribution is -0.131. The fourth-order valence-corrected chi connectivity index (χ4v) is 2.47. The second kappa shape index (κ2) is 7.43. The number of rotatable bonds is 6. The molecule has 0 aliphatic rings. The highest BCUT2D eigenvalue weighted by molar-refractivity contribution is 7.99. The maximum Gasteiger partial charge on any atom is 0.406 e. The molecule has 24 heavy (non-hydrogen) atoms. The summed E-state index contributed by atoms with van der Waals surface area (Å²) in [5.74, 6) is -0.457. The highest BCUT2D eigenvalue weighted by Gasteiger charge is 2.34. The summed E-state index contributed by atoms with van der Waals surface area (Å²) in [6.45, 7) is -1.39. The maximum absolute atomic E-state index is 12.8. The van der Waals surface area contributed by atoms with Gasteiger partial charge in [0, 0.05) is 5.69 Å². The Morgan fingerprint density at radius 3 is 2.54 bits per heavy atom. The molecule has 0 fully saturated rings. The van der Waals surface area contributed by atoms with Crippen molar-refractivity contribution in [2.24, 2.45) is 0 Å². The van der Waals surface area contributed by atoms with E-state index >= 15 is 0 Å². The van der Waals surface area contributed by atoms with E-state index in [9.17, 15) is 18.0 Å². The third kappa shape index (κ3) is 5.05. The molecule has 1 heterocycles. The molecule has 0 saturated heterocycles. The van der Waals surface area contributed by atoms with Gasteiger partial charge in [0.25, 0.3) is 0 Å². The Morgan fingerprint density at radius 1 is 1.38 bits per heavy atom. The summed E-state index contributed by atoms with van der Waals surface area (Å²) in [6, 6.07) is 5.74. The summed E-state index contributed by atoms with van der Waals surface area (Å²) in [5.41, 5.74) is 5.47. The molecule has 2 aromatic rings. The molecule has 7 nitrogen and oxygen atoms in total. The molecule has 1 aromatic carbocycles. The minimum absolute atomic E-state index is 0.0623. The van der Waals surface area contributed by atoms with Gasteiger partial charge in [0.15, 0.2) is 0 Å². The monoisotopic (exact) mass is 361 g/mol. The van der Waals surface area contributed by atoms with Crippen LogP contribution in [0.4, 0.5) is 24.8 Å². The number of nitrogen functional groups attached to an aromatic ring is 1. The van der Waals surface area contributed by atoms with Gasteiger partial charge in [0.2, 0.25) is 17.0 Å². The molecule has 0 radical (unpaired) electrons. The molecule has 2 rings (SSSR count). The van der Waals surface area contributed by atoms with Crippen molar-refractivity contribution in [3.63, 3.8) is 0 Å². The van der Waals surface area contributed by atoms with Gasteiger partial charge in [-0.05, 0) is 24.3 Å². The van der Waals surface area contributed by atoms with Gasteiger partial charge in [-0.3, -0.25) is 4.79 Å². The lowest BCUT2D eigenvalue weighted by atomic mass is 10.2. The van der Waals surface area contributed by atoms with E-state index in [0.717, 1.165) is 11.8 Å². The van der Waals surface area contributed by atoms with Gasteiger partial charge in [0.05, 0.1) is 12.9 Å². The summed E-state index contributed by atoms with van der Waals surface area (Å²) in [6.07, 6.45) is -4.53. The predicted molar refractivity (Wildman–Crippen MR) is 82.9 cm³/mol. The number of alkyl halides is 3. The van der Waals surface area contributed by atoms with E-state index in [4.69, 9.17) is 10.5 Å². The summed E-state index contributed by atoms with van der Waals surface area (Å²) < 4.78 is 43.3. The van der Waals surface area contributed by atoms with E-state index in [1.54, 1.807) is 0 Å². The van der Waals surface area contributed by atoms with E-state index in [1.165, 1.54) is 31.4 Å². The second-order valence-corrected chi connectivity index (χ2v) is 5.53. The van der Waals surface area contributed by atoms with Gasteiger partial charge in [-0.2, -0.15) is 18.2 Å². The van der Waals surface area contributed by atoms with Crippen molar-refractivity contribution >= 4 is 29.3 Å². The molecular weight excluding hydrogens is 347 g/mol. The van der Waals surface area contributed by atoms with Crippen LogP contribution in [0.5, 0.6) is 5.75 Å². The van der Waals surface area contributed by atoms with Crippen molar-refractivity contribution in [3.8, 4) is 5.75 Å². The van der Waals surface area contributed by atoms with E-state index < -0.39 is 18.6 Å². The van der Waals surface area contributed by atoms with Crippen LogP contribution in [0.2, 0.25) is 0 Å². The number of carbonyl (C=O) groups excluding carboxylic acids is 1. The molecule has 11 heteroatoms. The molecule has 1 amide bonds. The van der Waals surface area contributed by atoms with Crippen LogP contribution in [0.25, 0.3) is 0 Å². The highest BCUT2D eigenvalue weighted by atomic mass is 32.2. The minimum atomic E-state index is -4.53. The first kappa shape index (κ1) is 17.9. The number of hydrogen-bond acceptors (Lipinski definition) is 6. The topological polar surface area (TPSA) is 97.1 Å². The first-order valence-electron chi connectivity index (χ1n) is 6.60. The Bertz CT molecular complexity index is 690. The average Bonchev–Trinajstić information content (AvgIpc) is 2.95. The summed E-state index contributed by atoms with van der Waals surface area (Å²) >= 11 is 0.889. The zero-order valence-corrected chi connectivity index (χ0v) is 13.3. The van der Waals surface area contributed by atoms with Crippen LogP contribution in [0.3, 0.4) is 0 Å². The van der Waals surface area contributed by atoms with Gasteiger partial charge in [-0.25, -0.2) is 5.10 Å². The van der Waals surface area contributed by atoms with Crippen molar-refractivity contribution in [1.29, 1.82) is 0 Å².